The first-order valence-corrected chi connectivity index (χ1v) is 9.34. The molecule has 0 saturated heterocycles. The maximum atomic E-state index is 12.1. The number of thiophene rings is 1. The number of hydrogen-bond donors (Lipinski definition) is 0. The van der Waals surface area contributed by atoms with Crippen LogP contribution < -0.4 is 9.47 Å². The zero-order valence-electron chi connectivity index (χ0n) is 14.1. The molecule has 26 heavy (non-hydrogen) atoms. The molecule has 0 atom stereocenters. The van der Waals surface area contributed by atoms with Gasteiger partial charge in [-0.25, -0.2) is 9.78 Å². The molecule has 0 saturated carbocycles. The summed E-state index contributed by atoms with van der Waals surface area (Å²) >= 11 is 2.73. The van der Waals surface area contributed by atoms with Crippen molar-refractivity contribution < 1.29 is 14.3 Å². The first-order valence-electron chi connectivity index (χ1n) is 7.58. The number of rotatable bonds is 5. The average molecular weight is 382 g/mol. The number of aromatic nitrogens is 1. The van der Waals surface area contributed by atoms with Gasteiger partial charge in [-0.3, -0.25) is 0 Å². The van der Waals surface area contributed by atoms with Crippen LogP contribution in [0.2, 0.25) is 0 Å². The maximum Gasteiger partial charge on any atom is 0.353 e. The van der Waals surface area contributed by atoms with Crippen LogP contribution >= 0.6 is 22.7 Å². The summed E-state index contributed by atoms with van der Waals surface area (Å²) in [5.41, 5.74) is 2.09. The second-order valence-corrected chi connectivity index (χ2v) is 7.05. The number of benzene rings is 1. The van der Waals surface area contributed by atoms with Gasteiger partial charge in [0.05, 0.1) is 12.7 Å². The Labute approximate surface area is 158 Å². The number of carbonyl (C=O) groups is 1. The minimum absolute atomic E-state index is 0.326. The molecular formula is C19H14N2O3S2. The molecule has 7 heteroatoms. The van der Waals surface area contributed by atoms with Crippen LogP contribution in [0.25, 0.3) is 11.6 Å². The van der Waals surface area contributed by atoms with E-state index in [0.29, 0.717) is 27.0 Å². The largest absolute Gasteiger partial charge is 0.493 e. The van der Waals surface area contributed by atoms with E-state index in [-0.39, 0.29) is 0 Å². The standard InChI is InChI=1S/C19H14N2O3S2/c1-12-11-26-18(21-12)14(10-20)8-13-5-6-15(16(9-13)23-2)24-19(22)17-4-3-7-25-17/h3-9,11H,1-2H3/b14-8+. The number of esters is 1. The van der Waals surface area contributed by atoms with E-state index in [0.717, 1.165) is 11.3 Å². The second-order valence-electron chi connectivity index (χ2n) is 5.24. The summed E-state index contributed by atoms with van der Waals surface area (Å²) in [6.07, 6.45) is 1.73. The van der Waals surface area contributed by atoms with E-state index in [1.807, 2.05) is 17.7 Å². The van der Waals surface area contributed by atoms with E-state index in [2.05, 4.69) is 11.1 Å². The number of nitrogens with zero attached hydrogens (tertiary/aromatic N) is 2. The Morgan fingerprint density at radius 2 is 2.12 bits per heavy atom. The lowest BCUT2D eigenvalue weighted by Gasteiger charge is -2.09. The second kappa shape index (κ2) is 7.95. The third kappa shape index (κ3) is 3.99. The maximum absolute atomic E-state index is 12.1. The van der Waals surface area contributed by atoms with Crippen molar-refractivity contribution in [2.75, 3.05) is 7.11 Å². The molecule has 130 valence electrons. The predicted molar refractivity (Wildman–Crippen MR) is 103 cm³/mol. The van der Waals surface area contributed by atoms with Gasteiger partial charge in [0.15, 0.2) is 11.5 Å². The number of thiazole rings is 1. The molecule has 3 aromatic rings. The van der Waals surface area contributed by atoms with Gasteiger partial charge in [-0.15, -0.1) is 22.7 Å². The summed E-state index contributed by atoms with van der Waals surface area (Å²) in [5, 5.41) is 13.8. The van der Waals surface area contributed by atoms with Gasteiger partial charge in [0.1, 0.15) is 16.0 Å². The molecule has 0 N–H and O–H groups in total. The van der Waals surface area contributed by atoms with Gasteiger partial charge in [0, 0.05) is 11.1 Å². The molecule has 0 aliphatic carbocycles. The molecule has 2 aromatic heterocycles. The highest BCUT2D eigenvalue weighted by Crippen LogP contribution is 2.31. The van der Waals surface area contributed by atoms with Gasteiger partial charge in [0.25, 0.3) is 0 Å². The van der Waals surface area contributed by atoms with Gasteiger partial charge in [-0.05, 0) is 42.1 Å². The fraction of sp³-hybridized carbons (Fsp3) is 0.105. The van der Waals surface area contributed by atoms with Crippen LogP contribution in [-0.2, 0) is 0 Å². The molecule has 3 rings (SSSR count). The smallest absolute Gasteiger partial charge is 0.353 e. The molecule has 0 amide bonds. The monoisotopic (exact) mass is 382 g/mol. The van der Waals surface area contributed by atoms with Gasteiger partial charge in [-0.2, -0.15) is 5.26 Å². The van der Waals surface area contributed by atoms with E-state index < -0.39 is 5.97 Å². The molecule has 1 aromatic carbocycles. The number of nitriles is 1. The summed E-state index contributed by atoms with van der Waals surface area (Å²) in [4.78, 5) is 17.0. The highest BCUT2D eigenvalue weighted by molar-refractivity contribution is 7.12. The van der Waals surface area contributed by atoms with Crippen molar-refractivity contribution >= 4 is 40.3 Å². The van der Waals surface area contributed by atoms with E-state index in [9.17, 15) is 10.1 Å². The molecule has 2 heterocycles. The summed E-state index contributed by atoms with van der Waals surface area (Å²) in [6, 6.07) is 10.8. The zero-order valence-corrected chi connectivity index (χ0v) is 15.7. The quantitative estimate of drug-likeness (QED) is 0.360. The Morgan fingerprint density at radius 3 is 2.73 bits per heavy atom. The molecule has 0 spiro atoms. The first-order chi connectivity index (χ1) is 12.6. The Morgan fingerprint density at radius 1 is 1.27 bits per heavy atom. The van der Waals surface area contributed by atoms with Gasteiger partial charge in [0.2, 0.25) is 0 Å². The third-order valence-corrected chi connectivity index (χ3v) is 5.24. The van der Waals surface area contributed by atoms with Crippen LogP contribution in [0.1, 0.15) is 25.9 Å². The fourth-order valence-electron chi connectivity index (χ4n) is 2.19. The van der Waals surface area contributed by atoms with Gasteiger partial charge in [-0.1, -0.05) is 12.1 Å². The lowest BCUT2D eigenvalue weighted by atomic mass is 10.1. The van der Waals surface area contributed by atoms with Crippen LogP contribution in [-0.4, -0.2) is 18.1 Å². The normalized spacial score (nSPS) is 11.0. The molecule has 0 aliphatic heterocycles. The Balaban J connectivity index is 1.87. The van der Waals surface area contributed by atoms with Gasteiger partial charge < -0.3 is 9.47 Å². The number of ether oxygens (including phenoxy) is 2. The van der Waals surface area contributed by atoms with Crippen LogP contribution in [0.3, 0.4) is 0 Å². The number of methoxy groups -OCH3 is 1. The van der Waals surface area contributed by atoms with Crippen molar-refractivity contribution in [2.45, 2.75) is 6.92 Å². The van der Waals surface area contributed by atoms with Crippen molar-refractivity contribution in [1.29, 1.82) is 5.26 Å². The molecule has 0 bridgehead atoms. The van der Waals surface area contributed by atoms with Crippen molar-refractivity contribution in [3.05, 3.63) is 62.2 Å². The van der Waals surface area contributed by atoms with Crippen LogP contribution in [0.15, 0.2) is 41.1 Å². The van der Waals surface area contributed by atoms with E-state index >= 15 is 0 Å². The topological polar surface area (TPSA) is 72.2 Å². The van der Waals surface area contributed by atoms with Crippen LogP contribution in [0.4, 0.5) is 0 Å². The van der Waals surface area contributed by atoms with Crippen LogP contribution in [0.5, 0.6) is 11.5 Å². The summed E-state index contributed by atoms with van der Waals surface area (Å²) in [5.74, 6) is 0.306. The van der Waals surface area contributed by atoms with Crippen molar-refractivity contribution in [1.82, 2.24) is 4.98 Å². The van der Waals surface area contributed by atoms with Crippen molar-refractivity contribution in [3.63, 3.8) is 0 Å². The fourth-order valence-corrected chi connectivity index (χ4v) is 3.55. The Hall–Kier alpha value is -2.95. The van der Waals surface area contributed by atoms with E-state index in [1.54, 1.807) is 36.4 Å². The Bertz CT molecular complexity index is 998. The lowest BCUT2D eigenvalue weighted by Crippen LogP contribution is -2.07. The number of allylic oxidation sites excluding steroid dienone is 1. The van der Waals surface area contributed by atoms with Crippen molar-refractivity contribution in [2.24, 2.45) is 0 Å². The molecule has 0 aliphatic rings. The van der Waals surface area contributed by atoms with Crippen molar-refractivity contribution in [3.8, 4) is 17.6 Å². The zero-order chi connectivity index (χ0) is 18.5. The minimum atomic E-state index is -0.433. The van der Waals surface area contributed by atoms with Gasteiger partial charge >= 0.3 is 5.97 Å². The first kappa shape index (κ1) is 17.9. The minimum Gasteiger partial charge on any atom is -0.493 e. The summed E-state index contributed by atoms with van der Waals surface area (Å²) in [6.45, 7) is 1.88. The number of carbonyl (C=O) groups excluding carboxylic acids is 1. The number of hydrogen-bond acceptors (Lipinski definition) is 7. The highest BCUT2D eigenvalue weighted by Gasteiger charge is 2.14. The SMILES string of the molecule is COc1cc(/C=C(\C#N)c2nc(C)cs2)ccc1OC(=O)c1cccs1. The molecule has 5 nitrogen and oxygen atoms in total. The molecule has 0 unspecified atom stereocenters. The summed E-state index contributed by atoms with van der Waals surface area (Å²) in [7, 11) is 1.50. The summed E-state index contributed by atoms with van der Waals surface area (Å²) < 4.78 is 10.7. The molecule has 0 radical (unpaired) electrons. The average Bonchev–Trinajstić information content (AvgIpc) is 3.32. The van der Waals surface area contributed by atoms with Crippen LogP contribution in [0, 0.1) is 18.3 Å². The lowest BCUT2D eigenvalue weighted by molar-refractivity contribution is 0.0735. The number of aryl methyl sites for hydroxylation is 1. The Kier molecular flexibility index (Phi) is 5.46. The molecule has 0 fully saturated rings. The van der Waals surface area contributed by atoms with E-state index in [4.69, 9.17) is 9.47 Å². The predicted octanol–water partition coefficient (Wildman–Crippen LogP) is 4.81. The third-order valence-electron chi connectivity index (χ3n) is 3.39. The highest BCUT2D eigenvalue weighted by atomic mass is 32.1. The van der Waals surface area contributed by atoms with E-state index in [1.165, 1.54) is 29.8 Å². The molecular weight excluding hydrogens is 368 g/mol.